The number of nitro benzene ring substituents is 1. The van der Waals surface area contributed by atoms with E-state index >= 15 is 0 Å². The summed E-state index contributed by atoms with van der Waals surface area (Å²) in [7, 11) is 1.53. The summed E-state index contributed by atoms with van der Waals surface area (Å²) in [5.74, 6) is 0.591. The molecule has 5 nitrogen and oxygen atoms in total. The Morgan fingerprint density at radius 1 is 1.44 bits per heavy atom. The minimum Gasteiger partial charge on any atom is -0.497 e. The van der Waals surface area contributed by atoms with Gasteiger partial charge < -0.3 is 10.1 Å². The van der Waals surface area contributed by atoms with Gasteiger partial charge in [-0.3, -0.25) is 10.1 Å². The molecule has 2 rings (SSSR count). The Hall–Kier alpha value is -2.08. The maximum Gasteiger partial charge on any atom is 0.292 e. The van der Waals surface area contributed by atoms with Crippen LogP contribution in [0.2, 0.25) is 0 Å². The molecular weight excluding hydrogens is 252 g/mol. The fourth-order valence-electron chi connectivity index (χ4n) is 1.53. The second kappa shape index (κ2) is 5.50. The highest BCUT2D eigenvalue weighted by Gasteiger charge is 2.14. The molecule has 0 bridgehead atoms. The van der Waals surface area contributed by atoms with Crippen LogP contribution < -0.4 is 10.1 Å². The Balaban J connectivity index is 2.20. The van der Waals surface area contributed by atoms with Crippen LogP contribution in [0.5, 0.6) is 5.75 Å². The van der Waals surface area contributed by atoms with Crippen LogP contribution in [0.1, 0.15) is 5.56 Å². The van der Waals surface area contributed by atoms with E-state index in [-0.39, 0.29) is 5.69 Å². The minimum atomic E-state index is -0.407. The number of rotatable bonds is 5. The van der Waals surface area contributed by atoms with Crippen molar-refractivity contribution in [3.8, 4) is 5.75 Å². The van der Waals surface area contributed by atoms with Gasteiger partial charge in [-0.05, 0) is 28.5 Å². The molecule has 18 heavy (non-hydrogen) atoms. The smallest absolute Gasteiger partial charge is 0.292 e. The van der Waals surface area contributed by atoms with Crippen LogP contribution >= 0.6 is 11.3 Å². The maximum absolute atomic E-state index is 10.9. The van der Waals surface area contributed by atoms with Gasteiger partial charge >= 0.3 is 0 Å². The minimum absolute atomic E-state index is 0.0472. The average molecular weight is 264 g/mol. The first-order valence-corrected chi connectivity index (χ1v) is 6.22. The first-order chi connectivity index (χ1) is 8.70. The predicted molar refractivity (Wildman–Crippen MR) is 71.3 cm³/mol. The molecule has 0 spiro atoms. The number of nitro groups is 1. The van der Waals surface area contributed by atoms with Crippen LogP contribution in [0, 0.1) is 10.1 Å². The summed E-state index contributed by atoms with van der Waals surface area (Å²) < 4.78 is 5.07. The lowest BCUT2D eigenvalue weighted by Crippen LogP contribution is -2.02. The molecule has 0 aliphatic rings. The van der Waals surface area contributed by atoms with Crippen LogP contribution in [-0.2, 0) is 6.54 Å². The number of hydrogen-bond donors (Lipinski definition) is 1. The second-order valence-corrected chi connectivity index (χ2v) is 4.41. The third-order valence-corrected chi connectivity index (χ3v) is 3.20. The second-order valence-electron chi connectivity index (χ2n) is 3.63. The lowest BCUT2D eigenvalue weighted by atomic mass is 10.2. The lowest BCUT2D eigenvalue weighted by molar-refractivity contribution is -0.384. The van der Waals surface area contributed by atoms with Crippen molar-refractivity contribution >= 4 is 22.7 Å². The standard InChI is InChI=1S/C12H12N2O3S/c1-17-10-2-3-12(14(15)16)11(6-10)13-7-9-4-5-18-8-9/h2-6,8,13H,7H2,1H3. The summed E-state index contributed by atoms with van der Waals surface area (Å²) in [4.78, 5) is 10.5. The molecule has 0 fully saturated rings. The Morgan fingerprint density at radius 2 is 2.28 bits per heavy atom. The number of thiophene rings is 1. The molecule has 0 aliphatic carbocycles. The monoisotopic (exact) mass is 264 g/mol. The third kappa shape index (κ3) is 2.78. The Labute approximate surface area is 108 Å². The van der Waals surface area contributed by atoms with Crippen molar-refractivity contribution in [3.05, 3.63) is 50.7 Å². The highest BCUT2D eigenvalue weighted by molar-refractivity contribution is 7.07. The summed E-state index contributed by atoms with van der Waals surface area (Å²) in [6.45, 7) is 0.553. The largest absolute Gasteiger partial charge is 0.497 e. The van der Waals surface area contributed by atoms with E-state index in [1.54, 1.807) is 23.5 Å². The number of ether oxygens (including phenoxy) is 1. The van der Waals surface area contributed by atoms with Crippen molar-refractivity contribution < 1.29 is 9.66 Å². The van der Waals surface area contributed by atoms with Crippen molar-refractivity contribution in [3.63, 3.8) is 0 Å². The highest BCUT2D eigenvalue weighted by Crippen LogP contribution is 2.29. The number of nitrogens with one attached hydrogen (secondary N) is 1. The molecule has 1 heterocycles. The van der Waals surface area contributed by atoms with E-state index in [0.29, 0.717) is 18.0 Å². The van der Waals surface area contributed by atoms with E-state index in [1.807, 2.05) is 16.8 Å². The summed E-state index contributed by atoms with van der Waals surface area (Å²) in [6, 6.07) is 6.62. The summed E-state index contributed by atoms with van der Waals surface area (Å²) in [5.41, 5.74) is 1.61. The average Bonchev–Trinajstić information content (AvgIpc) is 2.88. The molecule has 0 unspecified atom stereocenters. The molecule has 2 aromatic rings. The van der Waals surface area contributed by atoms with Gasteiger partial charge in [0, 0.05) is 18.7 Å². The lowest BCUT2D eigenvalue weighted by Gasteiger charge is -2.08. The van der Waals surface area contributed by atoms with E-state index in [1.165, 1.54) is 13.2 Å². The fraction of sp³-hybridized carbons (Fsp3) is 0.167. The fourth-order valence-corrected chi connectivity index (χ4v) is 2.20. The molecule has 0 saturated carbocycles. The number of benzene rings is 1. The maximum atomic E-state index is 10.9. The van der Waals surface area contributed by atoms with Crippen LogP contribution in [0.4, 0.5) is 11.4 Å². The van der Waals surface area contributed by atoms with E-state index in [9.17, 15) is 10.1 Å². The summed E-state index contributed by atoms with van der Waals surface area (Å²) >= 11 is 1.59. The van der Waals surface area contributed by atoms with Gasteiger partial charge in [0.05, 0.1) is 12.0 Å². The number of methoxy groups -OCH3 is 1. The molecule has 0 amide bonds. The van der Waals surface area contributed by atoms with Gasteiger partial charge in [-0.25, -0.2) is 0 Å². The van der Waals surface area contributed by atoms with Crippen molar-refractivity contribution in [1.82, 2.24) is 0 Å². The first kappa shape index (κ1) is 12.4. The van der Waals surface area contributed by atoms with Gasteiger partial charge in [0.25, 0.3) is 5.69 Å². The Morgan fingerprint density at radius 3 is 2.89 bits per heavy atom. The summed E-state index contributed by atoms with van der Waals surface area (Å²) in [5, 5.41) is 17.9. The quantitative estimate of drug-likeness (QED) is 0.665. The van der Waals surface area contributed by atoms with Crippen molar-refractivity contribution in [2.24, 2.45) is 0 Å². The highest BCUT2D eigenvalue weighted by atomic mass is 32.1. The van der Waals surface area contributed by atoms with Crippen LogP contribution in [0.3, 0.4) is 0 Å². The van der Waals surface area contributed by atoms with E-state index in [4.69, 9.17) is 4.74 Å². The molecular formula is C12H12N2O3S. The van der Waals surface area contributed by atoms with Gasteiger partial charge in [-0.1, -0.05) is 0 Å². The molecule has 1 N–H and O–H groups in total. The normalized spacial score (nSPS) is 10.1. The first-order valence-electron chi connectivity index (χ1n) is 5.28. The van der Waals surface area contributed by atoms with Crippen molar-refractivity contribution in [2.45, 2.75) is 6.54 Å². The molecule has 0 atom stereocenters. The van der Waals surface area contributed by atoms with Gasteiger partial charge in [0.2, 0.25) is 0 Å². The number of nitrogens with zero attached hydrogens (tertiary/aromatic N) is 1. The van der Waals surface area contributed by atoms with Gasteiger partial charge in [-0.15, -0.1) is 0 Å². The van der Waals surface area contributed by atoms with Gasteiger partial charge in [-0.2, -0.15) is 11.3 Å². The molecule has 0 saturated heterocycles. The van der Waals surface area contributed by atoms with Crippen molar-refractivity contribution in [2.75, 3.05) is 12.4 Å². The number of anilines is 1. The van der Waals surface area contributed by atoms with E-state index in [0.717, 1.165) is 5.56 Å². The Kier molecular flexibility index (Phi) is 3.78. The summed E-state index contributed by atoms with van der Waals surface area (Å²) in [6.07, 6.45) is 0. The molecule has 94 valence electrons. The third-order valence-electron chi connectivity index (χ3n) is 2.46. The topological polar surface area (TPSA) is 64.4 Å². The van der Waals surface area contributed by atoms with Crippen LogP contribution in [0.15, 0.2) is 35.0 Å². The molecule has 0 radical (unpaired) electrons. The van der Waals surface area contributed by atoms with E-state index < -0.39 is 4.92 Å². The van der Waals surface area contributed by atoms with Crippen LogP contribution in [-0.4, -0.2) is 12.0 Å². The van der Waals surface area contributed by atoms with Crippen LogP contribution in [0.25, 0.3) is 0 Å². The Bertz CT molecular complexity index is 540. The zero-order valence-electron chi connectivity index (χ0n) is 9.75. The molecule has 6 heteroatoms. The SMILES string of the molecule is COc1ccc([N+](=O)[O-])c(NCc2ccsc2)c1. The molecule has 0 aliphatic heterocycles. The molecule has 1 aromatic carbocycles. The zero-order chi connectivity index (χ0) is 13.0. The van der Waals surface area contributed by atoms with Crippen molar-refractivity contribution in [1.29, 1.82) is 0 Å². The molecule has 1 aromatic heterocycles. The zero-order valence-corrected chi connectivity index (χ0v) is 10.6. The van der Waals surface area contributed by atoms with Gasteiger partial charge in [0.15, 0.2) is 0 Å². The predicted octanol–water partition coefficient (Wildman–Crippen LogP) is 3.28. The van der Waals surface area contributed by atoms with E-state index in [2.05, 4.69) is 5.32 Å². The number of hydrogen-bond acceptors (Lipinski definition) is 5. The van der Waals surface area contributed by atoms with Gasteiger partial charge in [0.1, 0.15) is 11.4 Å².